The first-order valence-corrected chi connectivity index (χ1v) is 24.7. The molecule has 14 N–H and O–H groups in total. The Balaban J connectivity index is 1.59. The minimum atomic E-state index is -1.72. The summed E-state index contributed by atoms with van der Waals surface area (Å²) in [5, 5.41) is 29.9. The summed E-state index contributed by atoms with van der Waals surface area (Å²) in [7, 11) is 0. The third kappa shape index (κ3) is 17.9. The van der Waals surface area contributed by atoms with Gasteiger partial charge in [0.2, 0.25) is 59.1 Å². The number of para-hydroxylation sites is 1. The molecule has 1 aromatic carbocycles. The zero-order valence-electron chi connectivity index (χ0n) is 38.2. The van der Waals surface area contributed by atoms with Gasteiger partial charge in [0.1, 0.15) is 48.3 Å². The molecule has 386 valence electrons. The van der Waals surface area contributed by atoms with E-state index in [1.54, 1.807) is 12.3 Å². The molecule has 8 atom stereocenters. The van der Waals surface area contributed by atoms with Gasteiger partial charge in [-0.15, -0.1) is 0 Å². The lowest BCUT2D eigenvalue weighted by atomic mass is 10.0. The molecule has 1 fully saturated rings. The summed E-state index contributed by atoms with van der Waals surface area (Å²) in [6.07, 6.45) is 2.62. The molecule has 10 amide bonds. The number of aliphatic carboxylic acids is 1. The number of benzene rings is 1. The summed E-state index contributed by atoms with van der Waals surface area (Å²) < 4.78 is 0. The third-order valence-electron chi connectivity index (χ3n) is 10.9. The minimum absolute atomic E-state index is 0.0225. The molecule has 0 spiro atoms. The maximum atomic E-state index is 13.8. The number of carbonyl (C=O) groups excluding carboxylic acids is 10. The second-order valence-corrected chi connectivity index (χ2v) is 17.6. The van der Waals surface area contributed by atoms with Gasteiger partial charge in [0.25, 0.3) is 0 Å². The van der Waals surface area contributed by atoms with Crippen molar-refractivity contribution >= 4 is 126 Å². The Kier molecular flexibility index (Phi) is 24.7. The van der Waals surface area contributed by atoms with Crippen LogP contribution in [-0.2, 0) is 59.2 Å². The smallest absolute Gasteiger partial charge is 0.305 e. The number of likely N-dealkylation sites (tertiary alicyclic amines) is 1. The summed E-state index contributed by atoms with van der Waals surface area (Å²) in [5.41, 5.74) is 12.3. The number of fused-ring (bicyclic) bond motifs is 1. The van der Waals surface area contributed by atoms with Crippen molar-refractivity contribution in [2.24, 2.45) is 11.5 Å². The zero-order valence-corrected chi connectivity index (χ0v) is 41.8. The number of carboxylic acid groups (broad SMARTS) is 1. The Hall–Kier alpha value is -5.71. The molecule has 0 unspecified atom stereocenters. The van der Waals surface area contributed by atoms with Gasteiger partial charge in [0.05, 0.1) is 13.0 Å². The number of unbranched alkanes of at least 4 members (excludes halogenated alkanes) is 1. The van der Waals surface area contributed by atoms with Crippen molar-refractivity contribution in [1.82, 2.24) is 52.4 Å². The van der Waals surface area contributed by atoms with Gasteiger partial charge in [-0.1, -0.05) is 18.2 Å². The summed E-state index contributed by atoms with van der Waals surface area (Å²) in [5.74, 6) is -10.5. The molecule has 0 bridgehead atoms. The molecular weight excluding hydrogens is 993 g/mol. The quantitative estimate of drug-likeness (QED) is 0.0274. The van der Waals surface area contributed by atoms with Crippen LogP contribution in [0.25, 0.3) is 10.9 Å². The molecule has 3 rings (SSSR count). The van der Waals surface area contributed by atoms with Gasteiger partial charge in [-0.2, -0.15) is 50.5 Å². The molecule has 0 radical (unpaired) electrons. The van der Waals surface area contributed by atoms with Crippen LogP contribution in [0.3, 0.4) is 0 Å². The highest BCUT2D eigenvalue weighted by atomic mass is 32.1. The number of aromatic nitrogens is 1. The number of rotatable bonds is 29. The van der Waals surface area contributed by atoms with Crippen molar-refractivity contribution in [1.29, 1.82) is 0 Å². The first kappa shape index (κ1) is 58.6. The number of hydrogen-bond donors (Lipinski definition) is 16. The maximum absolute atomic E-state index is 13.8. The highest BCUT2D eigenvalue weighted by Crippen LogP contribution is 2.21. The van der Waals surface area contributed by atoms with E-state index in [0.717, 1.165) is 10.9 Å². The van der Waals surface area contributed by atoms with E-state index in [2.05, 4.69) is 98.0 Å². The highest BCUT2D eigenvalue weighted by Gasteiger charge is 2.39. The topological polar surface area (TPSA) is 375 Å². The number of nitrogens with two attached hydrogens (primary N) is 2. The molecule has 1 aromatic heterocycles. The normalized spacial score (nSPS) is 16.2. The van der Waals surface area contributed by atoms with Gasteiger partial charge in [-0.3, -0.25) is 52.7 Å². The first-order valence-electron chi connectivity index (χ1n) is 22.1. The number of carboxylic acids is 1. The Morgan fingerprint density at radius 1 is 0.714 bits per heavy atom. The zero-order chi connectivity index (χ0) is 52.1. The fourth-order valence-corrected chi connectivity index (χ4v) is 8.32. The number of carbonyl (C=O) groups is 11. The fraction of sp³-hybridized carbons (Fsp3) is 0.548. The van der Waals surface area contributed by atoms with Crippen LogP contribution in [0.4, 0.5) is 0 Å². The average molecular weight is 1060 g/mol. The van der Waals surface area contributed by atoms with Gasteiger partial charge < -0.3 is 69.0 Å². The number of amides is 10. The molecule has 1 aliphatic heterocycles. The highest BCUT2D eigenvalue weighted by molar-refractivity contribution is 7.80. The molecule has 2 aromatic rings. The summed E-state index contributed by atoms with van der Waals surface area (Å²) in [4.78, 5) is 147. The SMILES string of the molecule is CC(=O)N[C@@H](Cc1c[nH]c2ccccc12)C(=O)N[C@@H](CC(=O)O)C(=O)N[C@@H](CS)C(=O)N[C@@H](CS)C(=O)N1CCC[C@H]1C(=O)NCC(=O)N[C@@H](CS)C(=O)N[C@@H](CS)C(=O)N[C@@H](CCCCN)C(N)=O. The van der Waals surface area contributed by atoms with Crippen molar-refractivity contribution in [3.05, 3.63) is 36.0 Å². The molecule has 2 heterocycles. The van der Waals surface area contributed by atoms with Gasteiger partial charge >= 0.3 is 5.97 Å². The number of hydrogen-bond acceptors (Lipinski definition) is 16. The number of aromatic amines is 1. The molecule has 28 heteroatoms. The van der Waals surface area contributed by atoms with Crippen molar-refractivity contribution in [3.63, 3.8) is 0 Å². The maximum Gasteiger partial charge on any atom is 0.305 e. The second-order valence-electron chi connectivity index (χ2n) is 16.2. The molecule has 24 nitrogen and oxygen atoms in total. The molecule has 0 saturated carbocycles. The number of H-pyrrole nitrogens is 1. The van der Waals surface area contributed by atoms with E-state index < -0.39 is 126 Å². The van der Waals surface area contributed by atoms with E-state index in [9.17, 15) is 57.8 Å². The number of nitrogens with zero attached hydrogens (tertiary/aromatic N) is 1. The predicted molar refractivity (Wildman–Crippen MR) is 269 cm³/mol. The lowest BCUT2D eigenvalue weighted by Crippen LogP contribution is -2.60. The lowest BCUT2D eigenvalue weighted by Gasteiger charge is -2.29. The van der Waals surface area contributed by atoms with Gasteiger partial charge in [0, 0.05) is 60.0 Å². The van der Waals surface area contributed by atoms with E-state index >= 15 is 0 Å². The standard InChI is InChI=1S/C42H62N12O12S4/c1-21(55)47-26(13-22-15-45-24-8-3-2-7-23(22)24)36(60)50-27(14-34(57)58)37(61)51-30(19-69)40(64)53-31(20-70)42(66)54-12-6-10-32(54)41(65)46-16-33(56)48-28(17-67)38(62)52-29(18-68)39(63)49-25(35(44)59)9-4-5-11-43/h2-3,7-8,15,25-32,45,67-70H,4-6,9-14,16-20,43H2,1H3,(H2,44,59)(H,46,65)(H,47,55)(H,48,56)(H,49,63)(H,50,60)(H,51,61)(H,52,62)(H,53,64)(H,57,58)/t25-,26-,27-,28-,29-,30-,31-,32-/m0/s1. The molecule has 0 aliphatic carbocycles. The third-order valence-corrected chi connectivity index (χ3v) is 12.4. The van der Waals surface area contributed by atoms with Crippen molar-refractivity contribution in [2.75, 3.05) is 42.6 Å². The van der Waals surface area contributed by atoms with Gasteiger partial charge in [-0.05, 0) is 50.3 Å². The Bertz CT molecular complexity index is 2220. The van der Waals surface area contributed by atoms with Crippen molar-refractivity contribution in [2.45, 2.75) is 100 Å². The summed E-state index contributed by atoms with van der Waals surface area (Å²) >= 11 is 16.6. The van der Waals surface area contributed by atoms with Crippen LogP contribution in [0.15, 0.2) is 30.5 Å². The van der Waals surface area contributed by atoms with Crippen LogP contribution < -0.4 is 54.0 Å². The van der Waals surface area contributed by atoms with Crippen LogP contribution in [0.5, 0.6) is 0 Å². The molecule has 70 heavy (non-hydrogen) atoms. The number of primary amides is 1. The molecule has 1 aliphatic rings. The van der Waals surface area contributed by atoms with Gasteiger partial charge in [0.15, 0.2) is 0 Å². The second kappa shape index (κ2) is 29.5. The first-order chi connectivity index (χ1) is 33.3. The molecular formula is C42H62N12O12S4. The monoisotopic (exact) mass is 1050 g/mol. The minimum Gasteiger partial charge on any atom is -0.481 e. The molecule has 1 saturated heterocycles. The largest absolute Gasteiger partial charge is 0.481 e. The number of thiol groups is 4. The Morgan fingerprint density at radius 2 is 1.24 bits per heavy atom. The van der Waals surface area contributed by atoms with Crippen molar-refractivity contribution < 1.29 is 57.8 Å². The van der Waals surface area contributed by atoms with E-state index in [4.69, 9.17) is 11.5 Å². The van der Waals surface area contributed by atoms with Crippen LogP contribution in [0, 0.1) is 0 Å². The Morgan fingerprint density at radius 3 is 1.80 bits per heavy atom. The predicted octanol–water partition coefficient (Wildman–Crippen LogP) is -3.96. The Labute approximate surface area is 425 Å². The van der Waals surface area contributed by atoms with Crippen molar-refractivity contribution in [3.8, 4) is 0 Å². The van der Waals surface area contributed by atoms with E-state index in [1.807, 2.05) is 18.2 Å². The van der Waals surface area contributed by atoms with Crippen LogP contribution >= 0.6 is 50.5 Å². The number of nitrogens with one attached hydrogen (secondary N) is 9. The summed E-state index contributed by atoms with van der Waals surface area (Å²) in [6, 6.07) is -3.15. The van der Waals surface area contributed by atoms with E-state index in [1.165, 1.54) is 11.8 Å². The average Bonchev–Trinajstić information content (AvgIpc) is 3.99. The van der Waals surface area contributed by atoms with E-state index in [-0.39, 0.29) is 48.8 Å². The van der Waals surface area contributed by atoms with E-state index in [0.29, 0.717) is 31.4 Å². The van der Waals surface area contributed by atoms with Crippen LogP contribution in [0.2, 0.25) is 0 Å². The van der Waals surface area contributed by atoms with Gasteiger partial charge in [-0.25, -0.2) is 0 Å². The lowest BCUT2D eigenvalue weighted by molar-refractivity contribution is -0.142. The summed E-state index contributed by atoms with van der Waals surface area (Å²) in [6.45, 7) is 1.02. The van der Waals surface area contributed by atoms with Crippen LogP contribution in [-0.4, -0.2) is 171 Å². The van der Waals surface area contributed by atoms with Crippen LogP contribution in [0.1, 0.15) is 51.0 Å². The fourth-order valence-electron chi connectivity index (χ4n) is 7.30.